The van der Waals surface area contributed by atoms with Crippen molar-refractivity contribution in [1.29, 1.82) is 0 Å². The number of rotatable bonds is 1. The minimum atomic E-state index is -0.192. The number of ketones is 1. The Kier molecular flexibility index (Phi) is 2.76. The number of thioether (sulfide) groups is 1. The summed E-state index contributed by atoms with van der Waals surface area (Å²) in [5.41, 5.74) is 4.87. The zero-order valence-electron chi connectivity index (χ0n) is 12.4. The van der Waals surface area contributed by atoms with Gasteiger partial charge in [-0.2, -0.15) is 0 Å². The molecule has 2 aliphatic heterocycles. The molecule has 2 aromatic carbocycles. The molecule has 0 N–H and O–H groups in total. The van der Waals surface area contributed by atoms with Crippen molar-refractivity contribution in [1.82, 2.24) is 4.90 Å². The van der Waals surface area contributed by atoms with Crippen LogP contribution < -0.4 is 0 Å². The van der Waals surface area contributed by atoms with Gasteiger partial charge < -0.3 is 4.90 Å². The second-order valence-electron chi connectivity index (χ2n) is 5.86. The molecule has 4 heteroatoms. The minimum absolute atomic E-state index is 0.129. The van der Waals surface area contributed by atoms with E-state index in [1.807, 2.05) is 36.4 Å². The van der Waals surface area contributed by atoms with Gasteiger partial charge in [-0.15, -0.1) is 0 Å². The van der Waals surface area contributed by atoms with Crippen LogP contribution in [-0.4, -0.2) is 28.1 Å². The topological polar surface area (TPSA) is 32.7 Å². The molecule has 3 nitrogen and oxygen atoms in total. The van der Waals surface area contributed by atoms with Gasteiger partial charge in [0.05, 0.1) is 11.3 Å². The Balaban J connectivity index is 1.76. The van der Waals surface area contributed by atoms with Crippen molar-refractivity contribution in [2.75, 3.05) is 12.3 Å². The number of fused-ring (bicyclic) bond motifs is 4. The average molecular weight is 318 g/mol. The van der Waals surface area contributed by atoms with Crippen molar-refractivity contribution in [2.45, 2.75) is 6.04 Å². The van der Waals surface area contributed by atoms with Crippen LogP contribution in [-0.2, 0) is 0 Å². The highest BCUT2D eigenvalue weighted by atomic mass is 32.2. The number of benzene rings is 2. The average Bonchev–Trinajstić information content (AvgIpc) is 3.18. The van der Waals surface area contributed by atoms with Crippen molar-refractivity contribution in [3.8, 4) is 0 Å². The Bertz CT molecular complexity index is 885. The summed E-state index contributed by atoms with van der Waals surface area (Å²) < 4.78 is 0. The van der Waals surface area contributed by atoms with E-state index >= 15 is 0 Å². The van der Waals surface area contributed by atoms with Gasteiger partial charge in [0.25, 0.3) is 0 Å². The highest BCUT2D eigenvalue weighted by Crippen LogP contribution is 2.47. The summed E-state index contributed by atoms with van der Waals surface area (Å²) in [6.45, 7) is 0.922. The molecule has 1 atom stereocenters. The molecule has 0 spiro atoms. The highest BCUT2D eigenvalue weighted by molar-refractivity contribution is 8.14. The normalized spacial score (nSPS) is 21.9. The number of nitrogens with zero attached hydrogens (tertiary/aromatic N) is 2. The molecule has 0 saturated carbocycles. The minimum Gasteiger partial charge on any atom is -0.319 e. The number of hydrogen-bond donors (Lipinski definition) is 0. The first-order chi connectivity index (χ1) is 11.3. The van der Waals surface area contributed by atoms with Crippen LogP contribution in [0.2, 0.25) is 0 Å². The van der Waals surface area contributed by atoms with Gasteiger partial charge in [0, 0.05) is 23.4 Å². The molecule has 1 saturated heterocycles. The molecule has 23 heavy (non-hydrogen) atoms. The van der Waals surface area contributed by atoms with Crippen LogP contribution in [0.4, 0.5) is 0 Å². The standard InChI is InChI=1S/C19H14N2OS/c22-18-14-9-5-4-8-13(14)17-15(18)16(12-6-2-1-3-7-12)20-19-21(17)10-11-23-19/h1-9,16H,10-11H2. The number of hydrogen-bond acceptors (Lipinski definition) is 4. The first-order valence-electron chi connectivity index (χ1n) is 7.76. The number of carbonyl (C=O) groups is 1. The lowest BCUT2D eigenvalue weighted by Gasteiger charge is -2.29. The van der Waals surface area contributed by atoms with E-state index in [0.29, 0.717) is 0 Å². The summed E-state index contributed by atoms with van der Waals surface area (Å²) in [4.78, 5) is 20.2. The molecule has 0 bridgehead atoms. The van der Waals surface area contributed by atoms with E-state index in [1.54, 1.807) is 11.8 Å². The van der Waals surface area contributed by atoms with Crippen LogP contribution in [0, 0.1) is 0 Å². The first kappa shape index (κ1) is 13.1. The Morgan fingerprint density at radius 2 is 1.74 bits per heavy atom. The van der Waals surface area contributed by atoms with Crippen LogP contribution in [0.15, 0.2) is 65.2 Å². The van der Waals surface area contributed by atoms with Crippen molar-refractivity contribution in [3.05, 3.63) is 76.9 Å². The van der Waals surface area contributed by atoms with Crippen molar-refractivity contribution in [3.63, 3.8) is 0 Å². The van der Waals surface area contributed by atoms with Gasteiger partial charge in [0.1, 0.15) is 6.04 Å². The number of Topliss-reactive ketones (excluding diaryl/α,β-unsaturated/α-hetero) is 1. The molecule has 2 aromatic rings. The lowest BCUT2D eigenvalue weighted by atomic mass is 9.95. The maximum atomic E-state index is 13.0. The molecule has 1 fully saturated rings. The van der Waals surface area contributed by atoms with Crippen molar-refractivity contribution < 1.29 is 4.79 Å². The summed E-state index contributed by atoms with van der Waals surface area (Å²) in [7, 11) is 0. The lowest BCUT2D eigenvalue weighted by Crippen LogP contribution is -2.28. The summed E-state index contributed by atoms with van der Waals surface area (Å²) in [5, 5.41) is 1.04. The Morgan fingerprint density at radius 1 is 1.00 bits per heavy atom. The maximum Gasteiger partial charge on any atom is 0.194 e. The molecule has 0 amide bonds. The fourth-order valence-corrected chi connectivity index (χ4v) is 4.57. The van der Waals surface area contributed by atoms with Gasteiger partial charge in [0.15, 0.2) is 11.0 Å². The van der Waals surface area contributed by atoms with Crippen LogP contribution in [0.5, 0.6) is 0 Å². The van der Waals surface area contributed by atoms with Crippen LogP contribution in [0.25, 0.3) is 5.70 Å². The third kappa shape index (κ3) is 1.78. The quantitative estimate of drug-likeness (QED) is 0.803. The molecular formula is C19H14N2OS. The summed E-state index contributed by atoms with van der Waals surface area (Å²) in [6.07, 6.45) is 0. The maximum absolute atomic E-state index is 13.0. The third-order valence-corrected chi connectivity index (χ3v) is 5.57. The molecular weight excluding hydrogens is 304 g/mol. The third-order valence-electron chi connectivity index (χ3n) is 4.60. The van der Waals surface area contributed by atoms with Gasteiger partial charge in [-0.25, -0.2) is 4.99 Å². The molecule has 2 heterocycles. The van der Waals surface area contributed by atoms with E-state index in [4.69, 9.17) is 4.99 Å². The first-order valence-corrected chi connectivity index (χ1v) is 8.74. The van der Waals surface area contributed by atoms with E-state index in [1.165, 1.54) is 0 Å². The van der Waals surface area contributed by atoms with Crippen LogP contribution in [0.3, 0.4) is 0 Å². The summed E-state index contributed by atoms with van der Waals surface area (Å²) >= 11 is 1.78. The van der Waals surface area contributed by atoms with Crippen LogP contribution >= 0.6 is 11.8 Å². The molecule has 3 aliphatic rings. The Morgan fingerprint density at radius 3 is 2.57 bits per heavy atom. The number of aliphatic imine (C=N–C) groups is 1. The lowest BCUT2D eigenvalue weighted by molar-refractivity contribution is 0.103. The van der Waals surface area contributed by atoms with E-state index in [-0.39, 0.29) is 11.8 Å². The second kappa shape index (κ2) is 4.83. The van der Waals surface area contributed by atoms with Crippen molar-refractivity contribution in [2.24, 2.45) is 4.99 Å². The van der Waals surface area contributed by atoms with Gasteiger partial charge in [-0.3, -0.25) is 4.79 Å². The fourth-order valence-electron chi connectivity index (χ4n) is 3.60. The molecule has 5 rings (SSSR count). The zero-order valence-corrected chi connectivity index (χ0v) is 13.2. The van der Waals surface area contributed by atoms with E-state index < -0.39 is 0 Å². The smallest absolute Gasteiger partial charge is 0.194 e. The zero-order chi connectivity index (χ0) is 15.4. The van der Waals surface area contributed by atoms with Crippen LogP contribution in [0.1, 0.15) is 27.5 Å². The van der Waals surface area contributed by atoms with Gasteiger partial charge >= 0.3 is 0 Å². The monoisotopic (exact) mass is 318 g/mol. The predicted octanol–water partition coefficient (Wildman–Crippen LogP) is 3.75. The summed E-state index contributed by atoms with van der Waals surface area (Å²) in [6, 6.07) is 17.9. The SMILES string of the molecule is O=C1C2=C(c3ccccc31)N1CCSC1=NC2c1ccccc1. The van der Waals surface area contributed by atoms with E-state index in [2.05, 4.69) is 23.1 Å². The molecule has 1 aliphatic carbocycles. The molecule has 112 valence electrons. The van der Waals surface area contributed by atoms with E-state index in [0.717, 1.165) is 45.4 Å². The second-order valence-corrected chi connectivity index (χ2v) is 6.92. The number of carbonyl (C=O) groups excluding carboxylic acids is 1. The highest BCUT2D eigenvalue weighted by Gasteiger charge is 2.43. The van der Waals surface area contributed by atoms with Crippen molar-refractivity contribution >= 4 is 28.4 Å². The Labute approximate surface area is 138 Å². The predicted molar refractivity (Wildman–Crippen MR) is 93.5 cm³/mol. The Hall–Kier alpha value is -2.33. The largest absolute Gasteiger partial charge is 0.319 e. The van der Waals surface area contributed by atoms with Gasteiger partial charge in [0.2, 0.25) is 0 Å². The van der Waals surface area contributed by atoms with Gasteiger partial charge in [-0.05, 0) is 5.56 Å². The molecule has 0 radical (unpaired) electrons. The fraction of sp³-hybridized carbons (Fsp3) is 0.158. The van der Waals surface area contributed by atoms with Gasteiger partial charge in [-0.1, -0.05) is 66.4 Å². The van der Waals surface area contributed by atoms with E-state index in [9.17, 15) is 4.79 Å². The summed E-state index contributed by atoms with van der Waals surface area (Å²) in [5.74, 6) is 1.15. The number of amidine groups is 1. The molecule has 0 aromatic heterocycles. The molecule has 1 unspecified atom stereocenters.